The standard InChI is InChI=1S/C17H24FNO2/c1-15(2)11-20-17(21-12-15)10-4-3-9-16(17,19)13-5-7-14(18)8-6-13/h5-8H,3-4,9-12,19H2,1-2H3/t16-/m0/s1. The summed E-state index contributed by atoms with van der Waals surface area (Å²) < 4.78 is 25.6. The molecule has 0 unspecified atom stereocenters. The van der Waals surface area contributed by atoms with Crippen molar-refractivity contribution >= 4 is 0 Å². The van der Waals surface area contributed by atoms with Crippen LogP contribution < -0.4 is 5.73 Å². The van der Waals surface area contributed by atoms with Crippen molar-refractivity contribution in [2.24, 2.45) is 11.1 Å². The van der Waals surface area contributed by atoms with Gasteiger partial charge in [-0.25, -0.2) is 4.39 Å². The number of hydrogen-bond acceptors (Lipinski definition) is 3. The third kappa shape index (κ3) is 2.50. The largest absolute Gasteiger partial charge is 0.347 e. The first-order chi connectivity index (χ1) is 9.87. The summed E-state index contributed by atoms with van der Waals surface area (Å²) in [5.74, 6) is -1.03. The van der Waals surface area contributed by atoms with E-state index in [2.05, 4.69) is 13.8 Å². The highest BCUT2D eigenvalue weighted by Gasteiger charge is 2.56. The lowest BCUT2D eigenvalue weighted by Gasteiger charge is -2.54. The average molecular weight is 293 g/mol. The second-order valence-corrected chi connectivity index (χ2v) is 7.18. The molecule has 116 valence electrons. The van der Waals surface area contributed by atoms with E-state index in [1.807, 2.05) is 0 Å². The first-order valence-corrected chi connectivity index (χ1v) is 7.70. The second-order valence-electron chi connectivity index (χ2n) is 7.18. The van der Waals surface area contributed by atoms with Gasteiger partial charge in [-0.1, -0.05) is 32.4 Å². The third-order valence-corrected chi connectivity index (χ3v) is 4.76. The molecule has 21 heavy (non-hydrogen) atoms. The predicted molar refractivity (Wildman–Crippen MR) is 79.1 cm³/mol. The number of ether oxygens (including phenoxy) is 2. The molecule has 4 heteroatoms. The Hall–Kier alpha value is -0.970. The van der Waals surface area contributed by atoms with E-state index >= 15 is 0 Å². The molecular formula is C17H24FNO2. The molecule has 0 aromatic heterocycles. The maximum absolute atomic E-state index is 13.2. The van der Waals surface area contributed by atoms with E-state index in [0.717, 1.165) is 31.2 Å². The molecule has 0 bridgehead atoms. The molecule has 0 amide bonds. The number of nitrogens with two attached hydrogens (primary N) is 1. The predicted octanol–water partition coefficient (Wildman–Crippen LogP) is 3.32. The van der Waals surface area contributed by atoms with E-state index in [9.17, 15) is 4.39 Å². The zero-order valence-electron chi connectivity index (χ0n) is 12.8. The Morgan fingerprint density at radius 2 is 1.57 bits per heavy atom. The quantitative estimate of drug-likeness (QED) is 0.864. The van der Waals surface area contributed by atoms with Crippen LogP contribution in [0, 0.1) is 11.2 Å². The zero-order valence-corrected chi connectivity index (χ0v) is 12.8. The van der Waals surface area contributed by atoms with E-state index in [1.165, 1.54) is 12.1 Å². The fourth-order valence-electron chi connectivity index (χ4n) is 3.40. The summed E-state index contributed by atoms with van der Waals surface area (Å²) in [4.78, 5) is 0. The van der Waals surface area contributed by atoms with Gasteiger partial charge in [0.2, 0.25) is 0 Å². The van der Waals surface area contributed by atoms with Gasteiger partial charge < -0.3 is 15.2 Å². The van der Waals surface area contributed by atoms with Crippen molar-refractivity contribution in [1.82, 2.24) is 0 Å². The molecule has 2 fully saturated rings. The Kier molecular flexibility index (Phi) is 3.59. The highest BCUT2D eigenvalue weighted by atomic mass is 19.1. The molecular weight excluding hydrogens is 269 g/mol. The minimum atomic E-state index is -0.779. The van der Waals surface area contributed by atoms with Gasteiger partial charge in [0.1, 0.15) is 5.82 Å². The summed E-state index contributed by atoms with van der Waals surface area (Å²) in [6, 6.07) is 6.43. The van der Waals surface area contributed by atoms with Gasteiger partial charge in [-0.15, -0.1) is 0 Å². The van der Waals surface area contributed by atoms with Crippen LogP contribution in [-0.2, 0) is 15.0 Å². The van der Waals surface area contributed by atoms with Crippen molar-refractivity contribution in [2.45, 2.75) is 50.9 Å². The van der Waals surface area contributed by atoms with Gasteiger partial charge in [0.05, 0.1) is 18.8 Å². The van der Waals surface area contributed by atoms with Crippen LogP contribution in [0.4, 0.5) is 4.39 Å². The van der Waals surface area contributed by atoms with E-state index in [4.69, 9.17) is 15.2 Å². The normalized spacial score (nSPS) is 31.2. The van der Waals surface area contributed by atoms with Crippen molar-refractivity contribution in [3.63, 3.8) is 0 Å². The van der Waals surface area contributed by atoms with E-state index in [0.29, 0.717) is 13.2 Å². The van der Waals surface area contributed by atoms with Crippen molar-refractivity contribution in [2.75, 3.05) is 13.2 Å². The van der Waals surface area contributed by atoms with Crippen molar-refractivity contribution in [3.8, 4) is 0 Å². The monoisotopic (exact) mass is 293 g/mol. The maximum atomic E-state index is 13.2. The molecule has 1 aliphatic carbocycles. The number of benzene rings is 1. The van der Waals surface area contributed by atoms with Crippen LogP contribution in [0.2, 0.25) is 0 Å². The lowest BCUT2D eigenvalue weighted by atomic mass is 9.71. The fraction of sp³-hybridized carbons (Fsp3) is 0.647. The molecule has 1 saturated carbocycles. The Bertz CT molecular complexity index is 504. The summed E-state index contributed by atoms with van der Waals surface area (Å²) in [5, 5.41) is 0. The molecule has 2 N–H and O–H groups in total. The Morgan fingerprint density at radius 1 is 1.00 bits per heavy atom. The molecule has 3 nitrogen and oxygen atoms in total. The third-order valence-electron chi connectivity index (χ3n) is 4.76. The maximum Gasteiger partial charge on any atom is 0.190 e. The molecule has 1 aromatic rings. The summed E-state index contributed by atoms with van der Waals surface area (Å²) in [7, 11) is 0. The van der Waals surface area contributed by atoms with Crippen LogP contribution in [0.1, 0.15) is 45.1 Å². The van der Waals surface area contributed by atoms with Crippen molar-refractivity contribution in [1.29, 1.82) is 0 Å². The van der Waals surface area contributed by atoms with Crippen LogP contribution in [0.15, 0.2) is 24.3 Å². The van der Waals surface area contributed by atoms with Gasteiger partial charge in [-0.3, -0.25) is 0 Å². The highest BCUT2D eigenvalue weighted by molar-refractivity contribution is 5.29. The van der Waals surface area contributed by atoms with Gasteiger partial charge in [-0.05, 0) is 30.5 Å². The molecule has 1 atom stereocenters. The Labute approximate surface area is 125 Å². The molecule has 1 aliphatic heterocycles. The molecule has 1 spiro atoms. The SMILES string of the molecule is CC1(C)COC2(CCCC[C@]2(N)c2ccc(F)cc2)OC1. The number of hydrogen-bond donors (Lipinski definition) is 1. The van der Waals surface area contributed by atoms with Crippen LogP contribution in [0.25, 0.3) is 0 Å². The lowest BCUT2D eigenvalue weighted by molar-refractivity contribution is -0.340. The van der Waals surface area contributed by atoms with E-state index < -0.39 is 11.3 Å². The first-order valence-electron chi connectivity index (χ1n) is 7.70. The summed E-state index contributed by atoms with van der Waals surface area (Å²) in [6.45, 7) is 5.51. The summed E-state index contributed by atoms with van der Waals surface area (Å²) >= 11 is 0. The molecule has 1 aromatic carbocycles. The van der Waals surface area contributed by atoms with Gasteiger partial charge in [0.15, 0.2) is 5.79 Å². The fourth-order valence-corrected chi connectivity index (χ4v) is 3.40. The van der Waals surface area contributed by atoms with E-state index in [1.54, 1.807) is 12.1 Å². The Morgan fingerprint density at radius 3 is 2.19 bits per heavy atom. The van der Waals surface area contributed by atoms with Gasteiger partial charge in [-0.2, -0.15) is 0 Å². The molecule has 0 radical (unpaired) electrons. The van der Waals surface area contributed by atoms with Gasteiger partial charge in [0, 0.05) is 11.8 Å². The average Bonchev–Trinajstić information content (AvgIpc) is 2.46. The van der Waals surface area contributed by atoms with Gasteiger partial charge in [0.25, 0.3) is 0 Å². The minimum absolute atomic E-state index is 0.00635. The topological polar surface area (TPSA) is 44.5 Å². The Balaban J connectivity index is 1.96. The second kappa shape index (κ2) is 5.04. The first kappa shape index (κ1) is 14.9. The minimum Gasteiger partial charge on any atom is -0.347 e. The summed E-state index contributed by atoms with van der Waals surface area (Å²) in [5.41, 5.74) is 6.94. The van der Waals surface area contributed by atoms with Gasteiger partial charge >= 0.3 is 0 Å². The molecule has 2 aliphatic rings. The smallest absolute Gasteiger partial charge is 0.190 e. The van der Waals surface area contributed by atoms with Crippen molar-refractivity contribution in [3.05, 3.63) is 35.6 Å². The lowest BCUT2D eigenvalue weighted by Crippen LogP contribution is -2.65. The molecule has 1 saturated heterocycles. The van der Waals surface area contributed by atoms with Crippen LogP contribution in [0.3, 0.4) is 0 Å². The van der Waals surface area contributed by atoms with Crippen LogP contribution in [-0.4, -0.2) is 19.0 Å². The van der Waals surface area contributed by atoms with E-state index in [-0.39, 0.29) is 11.2 Å². The number of halogens is 1. The molecule has 1 heterocycles. The highest BCUT2D eigenvalue weighted by Crippen LogP contribution is 2.49. The zero-order chi connectivity index (χ0) is 15.1. The molecule has 3 rings (SSSR count). The van der Waals surface area contributed by atoms with Crippen LogP contribution in [0.5, 0.6) is 0 Å². The van der Waals surface area contributed by atoms with Crippen molar-refractivity contribution < 1.29 is 13.9 Å². The van der Waals surface area contributed by atoms with Crippen LogP contribution >= 0.6 is 0 Å². The summed E-state index contributed by atoms with van der Waals surface area (Å²) in [6.07, 6.45) is 3.66. The number of rotatable bonds is 1.